The fraction of sp³-hybridized carbons (Fsp3) is 0.355. The summed E-state index contributed by atoms with van der Waals surface area (Å²) in [6, 6.07) is 17.8. The van der Waals surface area contributed by atoms with Crippen molar-refractivity contribution in [3.8, 4) is 11.5 Å². The predicted octanol–water partition coefficient (Wildman–Crippen LogP) is 4.46. The molecule has 2 amide bonds. The number of benzene rings is 3. The van der Waals surface area contributed by atoms with Crippen molar-refractivity contribution in [2.45, 2.75) is 58.1 Å². The van der Waals surface area contributed by atoms with E-state index >= 15 is 0 Å². The van der Waals surface area contributed by atoms with E-state index in [2.05, 4.69) is 5.32 Å². The van der Waals surface area contributed by atoms with Gasteiger partial charge in [0.1, 0.15) is 12.6 Å². The van der Waals surface area contributed by atoms with Gasteiger partial charge in [0.05, 0.1) is 24.8 Å². The van der Waals surface area contributed by atoms with E-state index in [9.17, 15) is 18.0 Å². The summed E-state index contributed by atoms with van der Waals surface area (Å²) in [5.74, 6) is -0.240. The highest BCUT2D eigenvalue weighted by atomic mass is 32.2. The Labute approximate surface area is 243 Å². The third-order valence-corrected chi connectivity index (χ3v) is 8.35. The molecule has 9 nitrogen and oxygen atoms in total. The minimum absolute atomic E-state index is 0.0700. The first-order chi connectivity index (χ1) is 19.4. The standard InChI is InChI=1S/C31H39N3O6S/c1-21(2)32-31(36)24(5)33(19-25-10-8-9-23(4)17-25)30(35)20-34(26-13-11-22(3)12-14-26)41(37,38)27-15-16-28(39-6)29(18-27)40-7/h8-18,21,24H,19-20H2,1-7H3,(H,32,36). The molecule has 0 spiro atoms. The molecule has 220 valence electrons. The van der Waals surface area contributed by atoms with E-state index in [1.165, 1.54) is 37.3 Å². The van der Waals surface area contributed by atoms with Crippen LogP contribution in [0.25, 0.3) is 0 Å². The van der Waals surface area contributed by atoms with E-state index in [1.54, 1.807) is 31.2 Å². The Kier molecular flexibility index (Phi) is 10.4. The van der Waals surface area contributed by atoms with Crippen LogP contribution in [-0.2, 0) is 26.2 Å². The minimum atomic E-state index is -4.25. The Morgan fingerprint density at radius 3 is 2.10 bits per heavy atom. The van der Waals surface area contributed by atoms with Crippen LogP contribution < -0.4 is 19.1 Å². The maximum Gasteiger partial charge on any atom is 0.264 e. The number of aryl methyl sites for hydroxylation is 2. The summed E-state index contributed by atoms with van der Waals surface area (Å²) >= 11 is 0. The second-order valence-corrected chi connectivity index (χ2v) is 12.1. The Hall–Kier alpha value is -4.05. The summed E-state index contributed by atoms with van der Waals surface area (Å²) < 4.78 is 39.8. The lowest BCUT2D eigenvalue weighted by molar-refractivity contribution is -0.139. The smallest absolute Gasteiger partial charge is 0.264 e. The third kappa shape index (κ3) is 7.79. The zero-order valence-corrected chi connectivity index (χ0v) is 25.5. The highest BCUT2D eigenvalue weighted by molar-refractivity contribution is 7.92. The van der Waals surface area contributed by atoms with Crippen LogP contribution in [0, 0.1) is 13.8 Å². The highest BCUT2D eigenvalue weighted by Crippen LogP contribution is 2.32. The molecule has 0 heterocycles. The van der Waals surface area contributed by atoms with Crippen molar-refractivity contribution < 1.29 is 27.5 Å². The zero-order chi connectivity index (χ0) is 30.3. The number of ether oxygens (including phenoxy) is 2. The molecule has 3 aromatic carbocycles. The summed E-state index contributed by atoms with van der Waals surface area (Å²) in [7, 11) is -1.37. The number of anilines is 1. The van der Waals surface area contributed by atoms with Crippen LogP contribution >= 0.6 is 0 Å². The number of sulfonamides is 1. The van der Waals surface area contributed by atoms with Crippen LogP contribution in [0.4, 0.5) is 5.69 Å². The van der Waals surface area contributed by atoms with E-state index in [4.69, 9.17) is 9.47 Å². The van der Waals surface area contributed by atoms with Crippen molar-refractivity contribution in [3.63, 3.8) is 0 Å². The molecule has 0 radical (unpaired) electrons. The van der Waals surface area contributed by atoms with Gasteiger partial charge in [-0.1, -0.05) is 47.5 Å². The summed E-state index contributed by atoms with van der Waals surface area (Å²) in [4.78, 5) is 28.4. The molecule has 0 fully saturated rings. The Bertz CT molecular complexity index is 1470. The fourth-order valence-electron chi connectivity index (χ4n) is 4.34. The van der Waals surface area contributed by atoms with Crippen molar-refractivity contribution >= 4 is 27.5 Å². The van der Waals surface area contributed by atoms with Crippen LogP contribution in [0.1, 0.15) is 37.5 Å². The molecule has 0 aliphatic heterocycles. The first-order valence-corrected chi connectivity index (χ1v) is 14.8. The molecule has 0 aliphatic rings. The van der Waals surface area contributed by atoms with Crippen molar-refractivity contribution in [2.75, 3.05) is 25.1 Å². The molecule has 0 saturated heterocycles. The van der Waals surface area contributed by atoms with E-state index in [0.29, 0.717) is 11.4 Å². The molecule has 0 bridgehead atoms. The maximum atomic E-state index is 14.1. The monoisotopic (exact) mass is 581 g/mol. The van der Waals surface area contributed by atoms with Crippen molar-refractivity contribution in [1.29, 1.82) is 0 Å². The molecule has 0 saturated carbocycles. The summed E-state index contributed by atoms with van der Waals surface area (Å²) in [5, 5.41) is 2.86. The molecule has 3 rings (SSSR count). The van der Waals surface area contributed by atoms with E-state index in [0.717, 1.165) is 21.0 Å². The Balaban J connectivity index is 2.07. The van der Waals surface area contributed by atoms with Crippen LogP contribution in [0.2, 0.25) is 0 Å². The molecule has 0 aromatic heterocycles. The normalized spacial score (nSPS) is 12.0. The average Bonchev–Trinajstić information content (AvgIpc) is 2.93. The molecular weight excluding hydrogens is 542 g/mol. The van der Waals surface area contributed by atoms with Gasteiger partial charge in [0.2, 0.25) is 11.8 Å². The summed E-state index contributed by atoms with van der Waals surface area (Å²) in [6.07, 6.45) is 0. The van der Waals surface area contributed by atoms with Crippen molar-refractivity contribution in [2.24, 2.45) is 0 Å². The van der Waals surface area contributed by atoms with Gasteiger partial charge < -0.3 is 19.7 Å². The van der Waals surface area contributed by atoms with Gasteiger partial charge in [0.15, 0.2) is 11.5 Å². The van der Waals surface area contributed by atoms with Gasteiger partial charge in [-0.2, -0.15) is 0 Å². The Morgan fingerprint density at radius 1 is 0.854 bits per heavy atom. The number of nitrogens with zero attached hydrogens (tertiary/aromatic N) is 2. The van der Waals surface area contributed by atoms with E-state index in [1.807, 2.05) is 52.0 Å². The molecule has 1 unspecified atom stereocenters. The van der Waals surface area contributed by atoms with Gasteiger partial charge >= 0.3 is 0 Å². The maximum absolute atomic E-state index is 14.1. The second kappa shape index (κ2) is 13.5. The molecular formula is C31H39N3O6S. The number of hydrogen-bond donors (Lipinski definition) is 1. The highest BCUT2D eigenvalue weighted by Gasteiger charge is 2.33. The molecule has 0 aliphatic carbocycles. The first kappa shape index (κ1) is 31.5. The van der Waals surface area contributed by atoms with Gasteiger partial charge in [-0.25, -0.2) is 8.42 Å². The summed E-state index contributed by atoms with van der Waals surface area (Å²) in [6.45, 7) is 8.76. The SMILES string of the molecule is COc1ccc(S(=O)(=O)N(CC(=O)N(Cc2cccc(C)c2)C(C)C(=O)NC(C)C)c2ccc(C)cc2)cc1OC. The van der Waals surface area contributed by atoms with Crippen LogP contribution in [0.15, 0.2) is 71.6 Å². The largest absolute Gasteiger partial charge is 0.493 e. The van der Waals surface area contributed by atoms with E-state index < -0.39 is 28.5 Å². The van der Waals surface area contributed by atoms with Gasteiger partial charge in [0.25, 0.3) is 10.0 Å². The lowest BCUT2D eigenvalue weighted by Gasteiger charge is -2.32. The van der Waals surface area contributed by atoms with Crippen LogP contribution in [0.5, 0.6) is 11.5 Å². The fourth-order valence-corrected chi connectivity index (χ4v) is 5.77. The number of amides is 2. The van der Waals surface area contributed by atoms with Crippen molar-refractivity contribution in [1.82, 2.24) is 10.2 Å². The van der Waals surface area contributed by atoms with Crippen LogP contribution in [-0.4, -0.2) is 58.0 Å². The quantitative estimate of drug-likeness (QED) is 0.339. The lowest BCUT2D eigenvalue weighted by Crippen LogP contribution is -2.52. The number of methoxy groups -OCH3 is 2. The lowest BCUT2D eigenvalue weighted by atomic mass is 10.1. The molecule has 1 N–H and O–H groups in total. The number of nitrogens with one attached hydrogen (secondary N) is 1. The predicted molar refractivity (Wildman–Crippen MR) is 160 cm³/mol. The molecule has 41 heavy (non-hydrogen) atoms. The number of hydrogen-bond acceptors (Lipinski definition) is 6. The zero-order valence-electron chi connectivity index (χ0n) is 24.7. The number of carbonyl (C=O) groups excluding carboxylic acids is 2. The molecule has 10 heteroatoms. The second-order valence-electron chi connectivity index (χ2n) is 10.2. The number of rotatable bonds is 12. The molecule has 1 atom stereocenters. The molecule has 3 aromatic rings. The van der Waals surface area contributed by atoms with Gasteiger partial charge in [-0.05, 0) is 64.4 Å². The van der Waals surface area contributed by atoms with Crippen molar-refractivity contribution in [3.05, 3.63) is 83.4 Å². The number of carbonyl (C=O) groups is 2. The minimum Gasteiger partial charge on any atom is -0.493 e. The van der Waals surface area contributed by atoms with Gasteiger partial charge in [-0.3, -0.25) is 13.9 Å². The van der Waals surface area contributed by atoms with Gasteiger partial charge in [-0.15, -0.1) is 0 Å². The summed E-state index contributed by atoms with van der Waals surface area (Å²) in [5.41, 5.74) is 3.08. The first-order valence-electron chi connectivity index (χ1n) is 13.3. The third-order valence-electron chi connectivity index (χ3n) is 6.58. The topological polar surface area (TPSA) is 105 Å². The Morgan fingerprint density at radius 2 is 1.51 bits per heavy atom. The van der Waals surface area contributed by atoms with Crippen LogP contribution in [0.3, 0.4) is 0 Å². The van der Waals surface area contributed by atoms with Gasteiger partial charge in [0, 0.05) is 18.7 Å². The van der Waals surface area contributed by atoms with E-state index in [-0.39, 0.29) is 29.1 Å². The average molecular weight is 582 g/mol.